The van der Waals surface area contributed by atoms with Crippen LogP contribution in [0.15, 0.2) is 42.5 Å². The predicted molar refractivity (Wildman–Crippen MR) is 81.1 cm³/mol. The first-order valence-electron chi connectivity index (χ1n) is 6.97. The quantitative estimate of drug-likeness (QED) is 0.667. The molecule has 0 fully saturated rings. The van der Waals surface area contributed by atoms with Gasteiger partial charge in [-0.2, -0.15) is 0 Å². The van der Waals surface area contributed by atoms with Crippen molar-refractivity contribution in [3.8, 4) is 0 Å². The zero-order valence-corrected chi connectivity index (χ0v) is 11.6. The van der Waals surface area contributed by atoms with Gasteiger partial charge in [0.25, 0.3) is 11.8 Å². The number of rotatable bonds is 4. The highest BCUT2D eigenvalue weighted by Gasteiger charge is 2.28. The second-order valence-corrected chi connectivity index (χ2v) is 5.22. The van der Waals surface area contributed by atoms with Gasteiger partial charge in [0.2, 0.25) is 0 Å². The Morgan fingerprint density at radius 1 is 0.952 bits per heavy atom. The number of carbonyl (C=O) groups is 2. The Bertz CT molecular complexity index is 722. The van der Waals surface area contributed by atoms with Crippen molar-refractivity contribution in [2.75, 3.05) is 5.73 Å². The fourth-order valence-electron chi connectivity index (χ4n) is 2.73. The maximum absolute atomic E-state index is 11.8. The fourth-order valence-corrected chi connectivity index (χ4v) is 2.73. The number of hydrogen-bond donors (Lipinski definition) is 2. The van der Waals surface area contributed by atoms with E-state index in [0.29, 0.717) is 11.1 Å². The maximum atomic E-state index is 11.8. The molecule has 1 aliphatic heterocycles. The number of aryl methyl sites for hydroxylation is 2. The van der Waals surface area contributed by atoms with Gasteiger partial charge in [0.15, 0.2) is 0 Å². The highest BCUT2D eigenvalue weighted by Crippen LogP contribution is 2.22. The second-order valence-electron chi connectivity index (χ2n) is 5.22. The third kappa shape index (κ3) is 2.65. The first-order chi connectivity index (χ1) is 10.1. The molecule has 0 spiro atoms. The molecule has 0 aromatic heterocycles. The number of carbonyl (C=O) groups excluding carboxylic acids is 2. The standard InChI is InChI=1S/C17H16N2O2/c18-13-8-2-5-11(10-13)4-1-6-12-7-3-9-14-15(12)17(21)19-16(14)20/h2-3,5,7-10H,1,4,6,18H2,(H,19,20,21). The molecule has 4 heteroatoms. The topological polar surface area (TPSA) is 72.2 Å². The molecule has 3 N–H and O–H groups in total. The van der Waals surface area contributed by atoms with E-state index < -0.39 is 0 Å². The largest absolute Gasteiger partial charge is 0.399 e. The summed E-state index contributed by atoms with van der Waals surface area (Å²) in [5.74, 6) is -0.581. The molecule has 3 rings (SSSR count). The molecule has 4 nitrogen and oxygen atoms in total. The first kappa shape index (κ1) is 13.4. The Morgan fingerprint density at radius 3 is 2.57 bits per heavy atom. The van der Waals surface area contributed by atoms with E-state index in [1.165, 1.54) is 5.56 Å². The van der Waals surface area contributed by atoms with Crippen LogP contribution in [0.4, 0.5) is 5.69 Å². The molecule has 0 aliphatic carbocycles. The number of anilines is 1. The minimum atomic E-state index is -0.298. The molecule has 0 bridgehead atoms. The summed E-state index contributed by atoms with van der Waals surface area (Å²) in [7, 11) is 0. The van der Waals surface area contributed by atoms with Crippen LogP contribution >= 0.6 is 0 Å². The lowest BCUT2D eigenvalue weighted by Gasteiger charge is -2.06. The summed E-state index contributed by atoms with van der Waals surface area (Å²) >= 11 is 0. The minimum absolute atomic E-state index is 0.283. The third-order valence-corrected chi connectivity index (χ3v) is 3.71. The van der Waals surface area contributed by atoms with Crippen molar-refractivity contribution < 1.29 is 9.59 Å². The lowest BCUT2D eigenvalue weighted by molar-refractivity contribution is 0.0879. The highest BCUT2D eigenvalue weighted by atomic mass is 16.2. The van der Waals surface area contributed by atoms with Gasteiger partial charge >= 0.3 is 0 Å². The zero-order valence-electron chi connectivity index (χ0n) is 11.6. The van der Waals surface area contributed by atoms with E-state index in [2.05, 4.69) is 5.32 Å². The van der Waals surface area contributed by atoms with Crippen molar-refractivity contribution >= 4 is 17.5 Å². The van der Waals surface area contributed by atoms with Gasteiger partial charge in [-0.15, -0.1) is 0 Å². The van der Waals surface area contributed by atoms with Gasteiger partial charge in [-0.25, -0.2) is 0 Å². The average Bonchev–Trinajstić information content (AvgIpc) is 2.75. The molecule has 2 amide bonds. The smallest absolute Gasteiger partial charge is 0.259 e. The van der Waals surface area contributed by atoms with Gasteiger partial charge in [0, 0.05) is 5.69 Å². The molecule has 0 saturated carbocycles. The van der Waals surface area contributed by atoms with Crippen LogP contribution in [0, 0.1) is 0 Å². The molecule has 106 valence electrons. The summed E-state index contributed by atoms with van der Waals surface area (Å²) < 4.78 is 0. The normalized spacial score (nSPS) is 13.1. The molecule has 0 unspecified atom stereocenters. The third-order valence-electron chi connectivity index (χ3n) is 3.71. The van der Waals surface area contributed by atoms with E-state index in [9.17, 15) is 9.59 Å². The molecule has 1 aliphatic rings. The number of amides is 2. The van der Waals surface area contributed by atoms with Crippen LogP contribution in [0.25, 0.3) is 0 Å². The van der Waals surface area contributed by atoms with Crippen LogP contribution in [-0.2, 0) is 12.8 Å². The minimum Gasteiger partial charge on any atom is -0.399 e. The number of imide groups is 1. The predicted octanol–water partition coefficient (Wildman–Crippen LogP) is 2.33. The fraction of sp³-hybridized carbons (Fsp3) is 0.176. The molecule has 21 heavy (non-hydrogen) atoms. The van der Waals surface area contributed by atoms with Crippen LogP contribution in [0.3, 0.4) is 0 Å². The molecular weight excluding hydrogens is 264 g/mol. The lowest BCUT2D eigenvalue weighted by Crippen LogP contribution is -2.20. The van der Waals surface area contributed by atoms with E-state index in [4.69, 9.17) is 5.73 Å². The Morgan fingerprint density at radius 2 is 1.76 bits per heavy atom. The van der Waals surface area contributed by atoms with Gasteiger partial charge in [0.05, 0.1) is 11.1 Å². The number of nitrogens with two attached hydrogens (primary N) is 1. The van der Waals surface area contributed by atoms with Crippen molar-refractivity contribution in [3.05, 3.63) is 64.7 Å². The lowest BCUT2D eigenvalue weighted by atomic mass is 9.97. The van der Waals surface area contributed by atoms with E-state index in [-0.39, 0.29) is 11.8 Å². The van der Waals surface area contributed by atoms with Crippen molar-refractivity contribution in [2.24, 2.45) is 0 Å². The van der Waals surface area contributed by atoms with Crippen molar-refractivity contribution in [2.45, 2.75) is 19.3 Å². The number of benzene rings is 2. The summed E-state index contributed by atoms with van der Waals surface area (Å²) in [6, 6.07) is 13.2. The molecular formula is C17H16N2O2. The van der Waals surface area contributed by atoms with E-state index in [1.54, 1.807) is 6.07 Å². The second kappa shape index (κ2) is 5.40. The Kier molecular flexibility index (Phi) is 3.44. The van der Waals surface area contributed by atoms with E-state index in [1.807, 2.05) is 36.4 Å². The van der Waals surface area contributed by atoms with Gasteiger partial charge < -0.3 is 5.73 Å². The number of fused-ring (bicyclic) bond motifs is 1. The van der Waals surface area contributed by atoms with Gasteiger partial charge in [-0.3, -0.25) is 14.9 Å². The zero-order chi connectivity index (χ0) is 14.8. The molecule has 2 aromatic carbocycles. The van der Waals surface area contributed by atoms with E-state index >= 15 is 0 Å². The average molecular weight is 280 g/mol. The number of nitrogens with one attached hydrogen (secondary N) is 1. The molecule has 0 atom stereocenters. The molecule has 0 saturated heterocycles. The maximum Gasteiger partial charge on any atom is 0.259 e. The molecule has 1 heterocycles. The first-order valence-corrected chi connectivity index (χ1v) is 6.97. The molecule has 0 radical (unpaired) electrons. The van der Waals surface area contributed by atoms with Crippen molar-refractivity contribution in [3.63, 3.8) is 0 Å². The summed E-state index contributed by atoms with van der Waals surface area (Å²) in [5.41, 5.74) is 9.66. The number of hydrogen-bond acceptors (Lipinski definition) is 3. The monoisotopic (exact) mass is 280 g/mol. The summed E-state index contributed by atoms with van der Waals surface area (Å²) in [4.78, 5) is 23.4. The van der Waals surface area contributed by atoms with Crippen LogP contribution in [0.2, 0.25) is 0 Å². The van der Waals surface area contributed by atoms with Crippen LogP contribution in [0.5, 0.6) is 0 Å². The van der Waals surface area contributed by atoms with Gasteiger partial charge in [-0.1, -0.05) is 24.3 Å². The molecule has 2 aromatic rings. The summed E-state index contributed by atoms with van der Waals surface area (Å²) in [6.07, 6.45) is 2.56. The van der Waals surface area contributed by atoms with Crippen LogP contribution in [0.1, 0.15) is 38.3 Å². The van der Waals surface area contributed by atoms with Crippen molar-refractivity contribution in [1.29, 1.82) is 0 Å². The Balaban J connectivity index is 1.72. The number of nitrogen functional groups attached to an aromatic ring is 1. The Hall–Kier alpha value is -2.62. The van der Waals surface area contributed by atoms with Crippen molar-refractivity contribution in [1.82, 2.24) is 5.32 Å². The van der Waals surface area contributed by atoms with Crippen LogP contribution in [-0.4, -0.2) is 11.8 Å². The van der Waals surface area contributed by atoms with Gasteiger partial charge in [-0.05, 0) is 48.6 Å². The summed E-state index contributed by atoms with van der Waals surface area (Å²) in [6.45, 7) is 0. The highest BCUT2D eigenvalue weighted by molar-refractivity contribution is 6.22. The SMILES string of the molecule is Nc1cccc(CCCc2cccc3c2C(=O)NC3=O)c1. The summed E-state index contributed by atoms with van der Waals surface area (Å²) in [5, 5.41) is 2.34. The van der Waals surface area contributed by atoms with E-state index in [0.717, 1.165) is 30.5 Å². The van der Waals surface area contributed by atoms with Gasteiger partial charge in [0.1, 0.15) is 0 Å². The van der Waals surface area contributed by atoms with Crippen LogP contribution < -0.4 is 11.1 Å². The Labute approximate surface area is 123 Å².